The van der Waals surface area contributed by atoms with Crippen LogP contribution in [0.5, 0.6) is 0 Å². The molecule has 1 amide bonds. The fraction of sp³-hybridized carbons (Fsp3) is 0.391. The Kier molecular flexibility index (Phi) is 7.11. The summed E-state index contributed by atoms with van der Waals surface area (Å²) in [5, 5.41) is 15.2. The van der Waals surface area contributed by atoms with Crippen molar-refractivity contribution in [3.8, 4) is 11.1 Å². The zero-order valence-corrected chi connectivity index (χ0v) is 16.3. The number of hydrogen-bond donors (Lipinski definition) is 2. The average Bonchev–Trinajstić information content (AvgIpc) is 2.74. The number of rotatable bonds is 8. The number of hydrogen-bond acceptors (Lipinski definition) is 4. The van der Waals surface area contributed by atoms with Gasteiger partial charge in [-0.2, -0.15) is 4.91 Å². The first kappa shape index (κ1) is 20.7. The highest BCUT2D eigenvalue weighted by atomic mass is 16.4. The maximum Gasteiger partial charge on any atom is 0.305 e. The summed E-state index contributed by atoms with van der Waals surface area (Å²) < 4.78 is 0. The third kappa shape index (κ3) is 5.98. The van der Waals surface area contributed by atoms with Crippen molar-refractivity contribution in [3.05, 3.63) is 65.1 Å². The molecule has 1 saturated carbocycles. The minimum Gasteiger partial charge on any atom is -0.481 e. The number of nitrogens with zero attached hydrogens (tertiary/aromatic N) is 1. The van der Waals surface area contributed by atoms with Gasteiger partial charge in [0.15, 0.2) is 0 Å². The van der Waals surface area contributed by atoms with E-state index < -0.39 is 12.0 Å². The summed E-state index contributed by atoms with van der Waals surface area (Å²) in [5.74, 6) is -1.24. The van der Waals surface area contributed by atoms with Crippen molar-refractivity contribution in [1.82, 2.24) is 5.32 Å². The highest BCUT2D eigenvalue weighted by Gasteiger charge is 2.28. The third-order valence-corrected chi connectivity index (χ3v) is 5.53. The number of nitrogens with one attached hydrogen (secondary N) is 1. The minimum atomic E-state index is -0.940. The summed E-state index contributed by atoms with van der Waals surface area (Å²) in [7, 11) is 0. The number of benzene rings is 2. The molecule has 29 heavy (non-hydrogen) atoms. The molecular formula is C23H26N2O4. The number of nitroso groups, excluding NO2 is 1. The molecule has 2 aromatic rings. The topological polar surface area (TPSA) is 95.8 Å². The molecule has 3 rings (SSSR count). The molecule has 1 fully saturated rings. The summed E-state index contributed by atoms with van der Waals surface area (Å²) in [6, 6.07) is 17.3. The van der Waals surface area contributed by atoms with E-state index in [4.69, 9.17) is 0 Å². The van der Waals surface area contributed by atoms with Crippen molar-refractivity contribution in [2.75, 3.05) is 0 Å². The van der Waals surface area contributed by atoms with Crippen LogP contribution in [0.25, 0.3) is 11.1 Å². The quantitative estimate of drug-likeness (QED) is 0.657. The van der Waals surface area contributed by atoms with Crippen LogP contribution >= 0.6 is 0 Å². The zero-order chi connectivity index (χ0) is 20.6. The van der Waals surface area contributed by atoms with Crippen LogP contribution in [0.1, 0.15) is 37.7 Å². The maximum atomic E-state index is 12.6. The van der Waals surface area contributed by atoms with Gasteiger partial charge in [-0.15, -0.1) is 0 Å². The van der Waals surface area contributed by atoms with Crippen LogP contribution in [0.3, 0.4) is 0 Å². The monoisotopic (exact) mass is 394 g/mol. The van der Waals surface area contributed by atoms with Gasteiger partial charge >= 0.3 is 5.97 Å². The minimum absolute atomic E-state index is 0.124. The molecule has 0 heterocycles. The smallest absolute Gasteiger partial charge is 0.305 e. The fourth-order valence-electron chi connectivity index (χ4n) is 3.90. The Labute approximate surface area is 170 Å². The molecule has 0 saturated heterocycles. The van der Waals surface area contributed by atoms with Crippen molar-refractivity contribution < 1.29 is 14.7 Å². The average molecular weight is 394 g/mol. The molecule has 152 valence electrons. The molecule has 0 aromatic heterocycles. The van der Waals surface area contributed by atoms with Gasteiger partial charge < -0.3 is 10.4 Å². The van der Waals surface area contributed by atoms with E-state index >= 15 is 0 Å². The standard InChI is InChI=1S/C23H26N2O4/c26-22(27)15-21(24-23(28)19-10-12-20(25-29)13-11-19)14-16-6-8-18(9-7-16)17-4-2-1-3-5-17/h1-9,19-21H,10-15H2,(H,24,28)(H,26,27)/t19-,20-,21-/m1/s1. The van der Waals surface area contributed by atoms with Gasteiger partial charge in [0.25, 0.3) is 0 Å². The highest BCUT2D eigenvalue weighted by molar-refractivity contribution is 5.80. The van der Waals surface area contributed by atoms with Crippen molar-refractivity contribution >= 4 is 11.9 Å². The van der Waals surface area contributed by atoms with Crippen LogP contribution < -0.4 is 5.32 Å². The molecule has 0 radical (unpaired) electrons. The van der Waals surface area contributed by atoms with Crippen molar-refractivity contribution in [3.63, 3.8) is 0 Å². The molecule has 1 atom stereocenters. The molecule has 2 aromatic carbocycles. The zero-order valence-electron chi connectivity index (χ0n) is 16.3. The predicted molar refractivity (Wildman–Crippen MR) is 111 cm³/mol. The molecule has 1 aliphatic carbocycles. The van der Waals surface area contributed by atoms with E-state index in [0.29, 0.717) is 32.1 Å². The molecule has 6 heteroatoms. The maximum absolute atomic E-state index is 12.6. The molecule has 0 bridgehead atoms. The van der Waals surface area contributed by atoms with E-state index in [9.17, 15) is 19.6 Å². The summed E-state index contributed by atoms with van der Waals surface area (Å²) in [4.78, 5) is 34.5. The lowest BCUT2D eigenvalue weighted by atomic mass is 9.85. The van der Waals surface area contributed by atoms with Crippen molar-refractivity contribution in [1.29, 1.82) is 0 Å². The van der Waals surface area contributed by atoms with E-state index in [0.717, 1.165) is 16.7 Å². The Morgan fingerprint density at radius 3 is 2.17 bits per heavy atom. The van der Waals surface area contributed by atoms with Crippen LogP contribution in [0.2, 0.25) is 0 Å². The van der Waals surface area contributed by atoms with Gasteiger partial charge in [-0.25, -0.2) is 0 Å². The van der Waals surface area contributed by atoms with E-state index in [2.05, 4.69) is 10.5 Å². The summed E-state index contributed by atoms with van der Waals surface area (Å²) >= 11 is 0. The lowest BCUT2D eigenvalue weighted by Gasteiger charge is -2.26. The molecule has 6 nitrogen and oxygen atoms in total. The van der Waals surface area contributed by atoms with Crippen LogP contribution in [-0.4, -0.2) is 29.1 Å². The van der Waals surface area contributed by atoms with Crippen molar-refractivity contribution in [2.45, 2.75) is 50.6 Å². The lowest BCUT2D eigenvalue weighted by molar-refractivity contribution is -0.137. The first-order valence-corrected chi connectivity index (χ1v) is 10.0. The second-order valence-electron chi connectivity index (χ2n) is 7.68. The van der Waals surface area contributed by atoms with Crippen LogP contribution in [0.15, 0.2) is 59.8 Å². The second-order valence-corrected chi connectivity index (χ2v) is 7.68. The molecular weight excluding hydrogens is 368 g/mol. The van der Waals surface area contributed by atoms with E-state index in [1.807, 2.05) is 54.6 Å². The van der Waals surface area contributed by atoms with Gasteiger partial charge in [0.2, 0.25) is 5.91 Å². The van der Waals surface area contributed by atoms with Crippen LogP contribution in [0.4, 0.5) is 0 Å². The van der Waals surface area contributed by atoms with E-state index in [1.54, 1.807) is 0 Å². The first-order valence-electron chi connectivity index (χ1n) is 10.0. The number of carboxylic acid groups (broad SMARTS) is 1. The Bertz CT molecular complexity index is 828. The van der Waals surface area contributed by atoms with Gasteiger partial charge in [0.05, 0.1) is 12.5 Å². The lowest BCUT2D eigenvalue weighted by Crippen LogP contribution is -2.42. The molecule has 0 spiro atoms. The normalized spacial score (nSPS) is 19.9. The first-order chi connectivity index (χ1) is 14.0. The largest absolute Gasteiger partial charge is 0.481 e. The molecule has 0 unspecified atom stereocenters. The Balaban J connectivity index is 1.62. The van der Waals surface area contributed by atoms with E-state index in [-0.39, 0.29) is 24.3 Å². The van der Waals surface area contributed by atoms with Crippen LogP contribution in [0, 0.1) is 10.8 Å². The third-order valence-electron chi connectivity index (χ3n) is 5.53. The Morgan fingerprint density at radius 2 is 1.59 bits per heavy atom. The number of carboxylic acids is 1. The van der Waals surface area contributed by atoms with Crippen molar-refractivity contribution in [2.24, 2.45) is 11.1 Å². The van der Waals surface area contributed by atoms with Gasteiger partial charge in [0, 0.05) is 12.0 Å². The fourth-order valence-corrected chi connectivity index (χ4v) is 3.90. The SMILES string of the molecule is O=N[C@H]1CC[C@H](C(=O)N[C@@H](CC(=O)O)Cc2ccc(-c3ccccc3)cc2)CC1. The number of carbonyl (C=O) groups is 2. The highest BCUT2D eigenvalue weighted by Crippen LogP contribution is 2.26. The van der Waals surface area contributed by atoms with E-state index in [1.165, 1.54) is 0 Å². The Morgan fingerprint density at radius 1 is 0.966 bits per heavy atom. The number of amides is 1. The summed E-state index contributed by atoms with van der Waals surface area (Å²) in [5.41, 5.74) is 3.19. The molecule has 2 N–H and O–H groups in total. The predicted octanol–water partition coefficient (Wildman–Crippen LogP) is 4.18. The number of aliphatic carboxylic acids is 1. The molecule has 0 aliphatic heterocycles. The summed E-state index contributed by atoms with van der Waals surface area (Å²) in [6.45, 7) is 0. The van der Waals surface area contributed by atoms with Gasteiger partial charge in [-0.3, -0.25) is 9.59 Å². The van der Waals surface area contributed by atoms with Gasteiger partial charge in [0.1, 0.15) is 0 Å². The van der Waals surface area contributed by atoms with Crippen LogP contribution in [-0.2, 0) is 16.0 Å². The molecule has 1 aliphatic rings. The van der Waals surface area contributed by atoms with Gasteiger partial charge in [-0.05, 0) is 48.8 Å². The Hall–Kier alpha value is -3.02. The number of carbonyl (C=O) groups excluding carboxylic acids is 1. The van der Waals surface area contributed by atoms with Gasteiger partial charge in [-0.1, -0.05) is 59.8 Å². The summed E-state index contributed by atoms with van der Waals surface area (Å²) in [6.07, 6.45) is 2.80. The second kappa shape index (κ2) is 9.96.